The Balaban J connectivity index is 1.74. The summed E-state index contributed by atoms with van der Waals surface area (Å²) < 4.78 is 29.0. The predicted molar refractivity (Wildman–Crippen MR) is 112 cm³/mol. The first-order chi connectivity index (χ1) is 14.1. The molecule has 10 heteroatoms. The molecule has 30 heavy (non-hydrogen) atoms. The van der Waals surface area contributed by atoms with E-state index in [1.54, 1.807) is 24.3 Å². The maximum atomic E-state index is 12.5. The van der Waals surface area contributed by atoms with Crippen molar-refractivity contribution in [3.8, 4) is 11.6 Å². The van der Waals surface area contributed by atoms with Gasteiger partial charge >= 0.3 is 0 Å². The predicted octanol–water partition coefficient (Wildman–Crippen LogP) is 3.28. The summed E-state index contributed by atoms with van der Waals surface area (Å²) in [7, 11) is -3.49. The highest BCUT2D eigenvalue weighted by Gasteiger charge is 2.16. The van der Waals surface area contributed by atoms with Gasteiger partial charge in [-0.05, 0) is 42.5 Å². The Kier molecular flexibility index (Phi) is 6.04. The van der Waals surface area contributed by atoms with Gasteiger partial charge in [-0.25, -0.2) is 13.4 Å². The first-order valence-electron chi connectivity index (χ1n) is 8.48. The molecule has 0 spiro atoms. The molecule has 0 radical (unpaired) electrons. The zero-order valence-electron chi connectivity index (χ0n) is 15.6. The molecule has 3 aromatic rings. The second-order valence-electron chi connectivity index (χ2n) is 6.25. The third-order valence-corrected chi connectivity index (χ3v) is 5.39. The molecule has 3 rings (SSSR count). The molecule has 0 fully saturated rings. The summed E-state index contributed by atoms with van der Waals surface area (Å²) in [4.78, 5) is 27.8. The van der Waals surface area contributed by atoms with Gasteiger partial charge in [0.25, 0.3) is 5.91 Å². The topological polar surface area (TPSA) is 128 Å². The van der Waals surface area contributed by atoms with Crippen molar-refractivity contribution in [2.24, 2.45) is 5.73 Å². The van der Waals surface area contributed by atoms with Gasteiger partial charge in [-0.2, -0.15) is 0 Å². The lowest BCUT2D eigenvalue weighted by molar-refractivity contribution is 0.0997. The number of benzene rings is 2. The molecule has 154 valence electrons. The normalized spacial score (nSPS) is 11.0. The van der Waals surface area contributed by atoms with Crippen LogP contribution in [0.5, 0.6) is 11.6 Å². The van der Waals surface area contributed by atoms with Crippen molar-refractivity contribution in [1.82, 2.24) is 4.98 Å². The quantitative estimate of drug-likeness (QED) is 0.599. The number of nitrogens with one attached hydrogen (secondary N) is 1. The highest BCUT2D eigenvalue weighted by atomic mass is 35.5. The fourth-order valence-electron chi connectivity index (χ4n) is 2.46. The first-order valence-corrected chi connectivity index (χ1v) is 10.7. The number of nitrogens with two attached hydrogens (primary N) is 1. The summed E-state index contributed by atoms with van der Waals surface area (Å²) in [6.45, 7) is 0. The lowest BCUT2D eigenvalue weighted by Crippen LogP contribution is -2.13. The number of anilines is 1. The van der Waals surface area contributed by atoms with E-state index in [-0.39, 0.29) is 21.4 Å². The smallest absolute Gasteiger partial charge is 0.257 e. The Morgan fingerprint density at radius 1 is 1.10 bits per heavy atom. The number of sulfone groups is 1. The third kappa shape index (κ3) is 5.13. The number of halogens is 1. The summed E-state index contributed by atoms with van der Waals surface area (Å²) in [6, 6.07) is 13.3. The number of ether oxygens (including phenoxy) is 1. The van der Waals surface area contributed by atoms with Gasteiger partial charge < -0.3 is 15.8 Å². The van der Waals surface area contributed by atoms with Crippen LogP contribution in [0.4, 0.5) is 5.69 Å². The monoisotopic (exact) mass is 445 g/mol. The minimum absolute atomic E-state index is 0.0166. The molecule has 2 aromatic carbocycles. The Morgan fingerprint density at radius 3 is 2.50 bits per heavy atom. The number of nitrogens with zero attached hydrogens (tertiary/aromatic N) is 1. The fourth-order valence-corrected chi connectivity index (χ4v) is 3.31. The van der Waals surface area contributed by atoms with E-state index in [9.17, 15) is 18.0 Å². The van der Waals surface area contributed by atoms with Gasteiger partial charge in [-0.15, -0.1) is 0 Å². The molecular formula is C20H16ClN3O5S. The summed E-state index contributed by atoms with van der Waals surface area (Å²) >= 11 is 6.03. The highest BCUT2D eigenvalue weighted by Crippen LogP contribution is 2.24. The maximum absolute atomic E-state index is 12.5. The zero-order valence-corrected chi connectivity index (χ0v) is 17.2. The van der Waals surface area contributed by atoms with Gasteiger partial charge in [-0.3, -0.25) is 9.59 Å². The Labute approximate surface area is 177 Å². The van der Waals surface area contributed by atoms with Gasteiger partial charge in [0.2, 0.25) is 11.8 Å². The van der Waals surface area contributed by atoms with Gasteiger partial charge in [0.1, 0.15) is 5.75 Å². The summed E-state index contributed by atoms with van der Waals surface area (Å²) in [5.41, 5.74) is 5.90. The largest absolute Gasteiger partial charge is 0.439 e. The molecule has 1 aromatic heterocycles. The van der Waals surface area contributed by atoms with Crippen LogP contribution in [-0.4, -0.2) is 31.5 Å². The van der Waals surface area contributed by atoms with Crippen LogP contribution in [-0.2, 0) is 9.84 Å². The Bertz CT molecular complexity index is 1230. The van der Waals surface area contributed by atoms with E-state index in [2.05, 4.69) is 10.3 Å². The van der Waals surface area contributed by atoms with Gasteiger partial charge in [-0.1, -0.05) is 17.7 Å². The van der Waals surface area contributed by atoms with Crippen LogP contribution < -0.4 is 15.8 Å². The molecule has 0 saturated carbocycles. The molecule has 0 aliphatic rings. The zero-order chi connectivity index (χ0) is 21.9. The van der Waals surface area contributed by atoms with Gasteiger partial charge in [0.05, 0.1) is 27.4 Å². The summed E-state index contributed by atoms with van der Waals surface area (Å²) in [6.07, 6.45) is 2.40. The molecule has 2 amide bonds. The van der Waals surface area contributed by atoms with Gasteiger partial charge in [0, 0.05) is 17.9 Å². The van der Waals surface area contributed by atoms with E-state index in [1.165, 1.54) is 36.5 Å². The van der Waals surface area contributed by atoms with E-state index in [1.807, 2.05) is 0 Å². The number of carbonyl (C=O) groups is 2. The molecule has 1 heterocycles. The van der Waals surface area contributed by atoms with Crippen molar-refractivity contribution in [3.05, 3.63) is 76.9 Å². The molecule has 0 saturated heterocycles. The first kappa shape index (κ1) is 21.3. The number of primary amides is 1. The van der Waals surface area contributed by atoms with E-state index in [0.717, 1.165) is 6.26 Å². The number of hydrogen-bond acceptors (Lipinski definition) is 6. The fraction of sp³-hybridized carbons (Fsp3) is 0.0500. The third-order valence-electron chi connectivity index (χ3n) is 3.95. The minimum atomic E-state index is -3.49. The number of hydrogen-bond donors (Lipinski definition) is 2. The second-order valence-corrected chi connectivity index (χ2v) is 8.67. The molecule has 0 unspecified atom stereocenters. The average Bonchev–Trinajstić information content (AvgIpc) is 2.69. The van der Waals surface area contributed by atoms with Crippen LogP contribution in [0, 0.1) is 0 Å². The Hall–Kier alpha value is -3.43. The Morgan fingerprint density at radius 2 is 1.87 bits per heavy atom. The van der Waals surface area contributed by atoms with Crippen molar-refractivity contribution in [3.63, 3.8) is 0 Å². The second kappa shape index (κ2) is 8.52. The molecule has 0 aliphatic carbocycles. The maximum Gasteiger partial charge on any atom is 0.257 e. The van der Waals surface area contributed by atoms with Crippen molar-refractivity contribution >= 4 is 38.9 Å². The van der Waals surface area contributed by atoms with Crippen molar-refractivity contribution in [2.45, 2.75) is 4.90 Å². The van der Waals surface area contributed by atoms with Crippen LogP contribution in [0.25, 0.3) is 0 Å². The number of rotatable bonds is 6. The molecule has 0 bridgehead atoms. The van der Waals surface area contributed by atoms with Crippen LogP contribution >= 0.6 is 11.6 Å². The SMILES string of the molecule is CS(=O)(=O)c1ccc(Cl)c(C(=O)Nc2ccc(Oc3cccc(C(N)=O)c3)nc2)c1. The van der Waals surface area contributed by atoms with Crippen LogP contribution in [0.15, 0.2) is 65.7 Å². The molecule has 0 aliphatic heterocycles. The standard InChI is InChI=1S/C20H16ClN3O5S/c1-30(27,28)15-6-7-17(21)16(10-15)20(26)24-13-5-8-18(23-11-13)29-14-4-2-3-12(9-14)19(22)25/h2-11H,1H3,(H2,22,25)(H,24,26). The average molecular weight is 446 g/mol. The lowest BCUT2D eigenvalue weighted by atomic mass is 10.2. The summed E-state index contributed by atoms with van der Waals surface area (Å²) in [5, 5.41) is 2.71. The van der Waals surface area contributed by atoms with Crippen molar-refractivity contribution < 1.29 is 22.7 Å². The number of carbonyl (C=O) groups excluding carboxylic acids is 2. The number of aromatic nitrogens is 1. The molecule has 0 atom stereocenters. The van der Waals surface area contributed by atoms with E-state index < -0.39 is 21.7 Å². The van der Waals surface area contributed by atoms with E-state index in [4.69, 9.17) is 22.1 Å². The van der Waals surface area contributed by atoms with E-state index >= 15 is 0 Å². The van der Waals surface area contributed by atoms with Crippen LogP contribution in [0.1, 0.15) is 20.7 Å². The molecular weight excluding hydrogens is 430 g/mol. The number of pyridine rings is 1. The lowest BCUT2D eigenvalue weighted by Gasteiger charge is -2.09. The minimum Gasteiger partial charge on any atom is -0.439 e. The van der Waals surface area contributed by atoms with Crippen LogP contribution in [0.3, 0.4) is 0 Å². The van der Waals surface area contributed by atoms with Crippen LogP contribution in [0.2, 0.25) is 5.02 Å². The summed E-state index contributed by atoms with van der Waals surface area (Å²) in [5.74, 6) is -0.563. The molecule has 8 nitrogen and oxygen atoms in total. The van der Waals surface area contributed by atoms with E-state index in [0.29, 0.717) is 17.0 Å². The highest BCUT2D eigenvalue weighted by molar-refractivity contribution is 7.90. The molecule has 3 N–H and O–H groups in total. The van der Waals surface area contributed by atoms with Crippen molar-refractivity contribution in [1.29, 1.82) is 0 Å². The number of amides is 2. The van der Waals surface area contributed by atoms with Crippen molar-refractivity contribution in [2.75, 3.05) is 11.6 Å². The van der Waals surface area contributed by atoms with Gasteiger partial charge in [0.15, 0.2) is 9.84 Å².